The van der Waals surface area contributed by atoms with Crippen LogP contribution in [0.1, 0.15) is 393 Å². The van der Waals surface area contributed by atoms with Crippen molar-refractivity contribution in [1.29, 1.82) is 0 Å². The maximum atomic E-state index is 13.0. The van der Waals surface area contributed by atoms with Gasteiger partial charge in [-0.3, -0.25) is 9.59 Å². The zero-order valence-corrected chi connectivity index (χ0v) is 58.2. The van der Waals surface area contributed by atoms with E-state index in [9.17, 15) is 19.5 Å². The van der Waals surface area contributed by atoms with E-state index in [1.54, 1.807) is 0 Å². The Morgan fingerprint density at radius 3 is 0.919 bits per heavy atom. The van der Waals surface area contributed by atoms with Crippen molar-refractivity contribution in [3.8, 4) is 0 Å². The molecule has 0 heterocycles. The number of carbonyl (C=O) groups is 3. The van der Waals surface area contributed by atoms with Gasteiger partial charge in [0.2, 0.25) is 0 Å². The predicted octanol–water partition coefficient (Wildman–Crippen LogP) is 22.4. The number of rotatable bonds is 72. The number of carboxylic acid groups (broad SMARTS) is 1. The summed E-state index contributed by atoms with van der Waals surface area (Å²) in [4.78, 5) is 37.5. The highest BCUT2D eigenvalue weighted by atomic mass is 16.7. The van der Waals surface area contributed by atoms with Gasteiger partial charge in [-0.05, 0) is 44.9 Å². The molecule has 0 bridgehead atoms. The van der Waals surface area contributed by atoms with Gasteiger partial charge in [-0.15, -0.1) is 0 Å². The van der Waals surface area contributed by atoms with E-state index in [1.165, 1.54) is 321 Å². The third-order valence-electron chi connectivity index (χ3n) is 17.5. The van der Waals surface area contributed by atoms with Crippen molar-refractivity contribution >= 4 is 17.9 Å². The van der Waals surface area contributed by atoms with Gasteiger partial charge in [0.1, 0.15) is 13.2 Å². The van der Waals surface area contributed by atoms with Crippen molar-refractivity contribution < 1.29 is 42.9 Å². The Bertz CT molecular complexity index is 1460. The van der Waals surface area contributed by atoms with Gasteiger partial charge in [-0.1, -0.05) is 359 Å². The Balaban J connectivity index is 4.00. The normalized spacial score (nSPS) is 12.7. The molecular formula is C77H147NO8. The van der Waals surface area contributed by atoms with Gasteiger partial charge in [-0.2, -0.15) is 0 Å². The van der Waals surface area contributed by atoms with Crippen molar-refractivity contribution in [2.45, 2.75) is 405 Å². The molecule has 0 aliphatic carbocycles. The topological polar surface area (TPSA) is 111 Å². The van der Waals surface area contributed by atoms with Gasteiger partial charge in [0.05, 0.1) is 40.3 Å². The number of quaternary nitrogens is 1. The Kier molecular flexibility index (Phi) is 66.9. The van der Waals surface area contributed by atoms with Gasteiger partial charge in [0.25, 0.3) is 0 Å². The molecular weight excluding hydrogens is 1070 g/mol. The molecule has 0 spiro atoms. The molecule has 0 fully saturated rings. The van der Waals surface area contributed by atoms with E-state index in [-0.39, 0.29) is 32.2 Å². The van der Waals surface area contributed by atoms with Gasteiger partial charge in [-0.25, -0.2) is 0 Å². The molecule has 9 heteroatoms. The Morgan fingerprint density at radius 1 is 0.349 bits per heavy atom. The van der Waals surface area contributed by atoms with E-state index < -0.39 is 24.3 Å². The average Bonchev–Trinajstić information content (AvgIpc) is 3.64. The number of hydrogen-bond donors (Lipinski definition) is 0. The molecule has 0 amide bonds. The van der Waals surface area contributed by atoms with Crippen LogP contribution in [0.2, 0.25) is 0 Å². The first-order chi connectivity index (χ1) is 42.1. The summed E-state index contributed by atoms with van der Waals surface area (Å²) in [7, 11) is 5.95. The summed E-state index contributed by atoms with van der Waals surface area (Å²) in [6, 6.07) is 0. The number of ether oxygens (including phenoxy) is 4. The van der Waals surface area contributed by atoms with Gasteiger partial charge in [0, 0.05) is 12.8 Å². The van der Waals surface area contributed by atoms with Crippen LogP contribution in [0.3, 0.4) is 0 Å². The molecule has 508 valence electrons. The second-order valence-electron chi connectivity index (χ2n) is 27.3. The molecule has 9 nitrogen and oxygen atoms in total. The molecule has 0 aromatic carbocycles. The highest BCUT2D eigenvalue weighted by molar-refractivity contribution is 5.70. The minimum absolute atomic E-state index is 0.152. The first kappa shape index (κ1) is 83.8. The number of nitrogens with zero attached hydrogens (tertiary/aromatic N) is 1. The highest BCUT2D eigenvalue weighted by Crippen LogP contribution is 2.20. The number of hydrogen-bond acceptors (Lipinski definition) is 8. The number of carboxylic acids is 1. The molecule has 0 saturated carbocycles. The van der Waals surface area contributed by atoms with E-state index in [2.05, 4.69) is 38.2 Å². The van der Waals surface area contributed by atoms with Crippen molar-refractivity contribution in [2.75, 3.05) is 47.5 Å². The molecule has 0 aliphatic heterocycles. The van der Waals surface area contributed by atoms with Crippen molar-refractivity contribution in [1.82, 2.24) is 0 Å². The van der Waals surface area contributed by atoms with Crippen LogP contribution >= 0.6 is 0 Å². The smallest absolute Gasteiger partial charge is 0.306 e. The molecule has 0 saturated heterocycles. The second kappa shape index (κ2) is 68.7. The number of carbonyl (C=O) groups excluding carboxylic acids is 3. The summed E-state index contributed by atoms with van der Waals surface area (Å²) in [5.74, 6) is -2.25. The number of esters is 2. The second-order valence-corrected chi connectivity index (χ2v) is 27.3. The molecule has 0 rings (SSSR count). The zero-order valence-electron chi connectivity index (χ0n) is 58.2. The van der Waals surface area contributed by atoms with Crippen LogP contribution in [-0.2, 0) is 33.3 Å². The van der Waals surface area contributed by atoms with Crippen LogP contribution in [0.25, 0.3) is 0 Å². The lowest BCUT2D eigenvalue weighted by molar-refractivity contribution is -0.870. The predicted molar refractivity (Wildman–Crippen MR) is 366 cm³/mol. The van der Waals surface area contributed by atoms with E-state index >= 15 is 0 Å². The lowest BCUT2D eigenvalue weighted by atomic mass is 10.0. The lowest BCUT2D eigenvalue weighted by Gasteiger charge is -2.26. The van der Waals surface area contributed by atoms with Crippen molar-refractivity contribution in [3.63, 3.8) is 0 Å². The number of likely N-dealkylation sites (N-methyl/N-ethyl adjacent to an activating group) is 1. The Morgan fingerprint density at radius 2 is 0.628 bits per heavy atom. The van der Waals surface area contributed by atoms with Crippen LogP contribution in [0, 0.1) is 0 Å². The summed E-state index contributed by atoms with van der Waals surface area (Å²) >= 11 is 0. The van der Waals surface area contributed by atoms with Crippen LogP contribution in [0.15, 0.2) is 24.3 Å². The largest absolute Gasteiger partial charge is 0.545 e. The summed E-state index contributed by atoms with van der Waals surface area (Å²) in [6.45, 7) is 4.82. The lowest BCUT2D eigenvalue weighted by Crippen LogP contribution is -2.44. The average molecular weight is 1220 g/mol. The number of allylic oxidation sites excluding steroid dienone is 4. The van der Waals surface area contributed by atoms with E-state index in [0.29, 0.717) is 17.4 Å². The molecule has 86 heavy (non-hydrogen) atoms. The van der Waals surface area contributed by atoms with Crippen LogP contribution in [0.4, 0.5) is 0 Å². The summed E-state index contributed by atoms with van der Waals surface area (Å²) in [5, 5.41) is 11.8. The first-order valence-electron chi connectivity index (χ1n) is 38.0. The van der Waals surface area contributed by atoms with Crippen LogP contribution < -0.4 is 5.11 Å². The minimum Gasteiger partial charge on any atom is -0.545 e. The fraction of sp³-hybridized carbons (Fsp3) is 0.909. The van der Waals surface area contributed by atoms with E-state index in [4.69, 9.17) is 18.9 Å². The fourth-order valence-corrected chi connectivity index (χ4v) is 11.6. The minimum atomic E-state index is -1.62. The maximum absolute atomic E-state index is 13.0. The molecule has 2 unspecified atom stereocenters. The zero-order chi connectivity index (χ0) is 62.6. The molecule has 2 atom stereocenters. The Labute approximate surface area is 535 Å². The van der Waals surface area contributed by atoms with Crippen LogP contribution in [0.5, 0.6) is 0 Å². The van der Waals surface area contributed by atoms with Gasteiger partial charge >= 0.3 is 11.9 Å². The quantitative estimate of drug-likeness (QED) is 0.0195. The first-order valence-corrected chi connectivity index (χ1v) is 38.0. The molecule has 0 aromatic rings. The molecule has 0 aromatic heterocycles. The fourth-order valence-electron chi connectivity index (χ4n) is 11.6. The third-order valence-corrected chi connectivity index (χ3v) is 17.5. The summed E-state index contributed by atoms with van der Waals surface area (Å²) < 4.78 is 22.9. The molecule has 0 aliphatic rings. The van der Waals surface area contributed by atoms with Crippen LogP contribution in [-0.4, -0.2) is 82.3 Å². The monoisotopic (exact) mass is 1210 g/mol. The maximum Gasteiger partial charge on any atom is 0.306 e. The molecule has 0 radical (unpaired) electrons. The van der Waals surface area contributed by atoms with Crippen molar-refractivity contribution in [3.05, 3.63) is 24.3 Å². The van der Waals surface area contributed by atoms with E-state index in [1.807, 2.05) is 21.1 Å². The third kappa shape index (κ3) is 69.2. The van der Waals surface area contributed by atoms with Gasteiger partial charge in [0.15, 0.2) is 12.4 Å². The number of unbranched alkanes of at least 4 members (excludes halogenated alkanes) is 53. The standard InChI is InChI=1S/C77H147NO8/c1-6-8-10-12-14-16-18-20-22-24-26-28-30-32-34-36-37-38-39-40-42-44-46-48-50-52-54-56-58-60-62-64-66-68-75(80)86-73(72-85-77(76(81)82)83-70-69-78(3,4)5)71-84-74(79)67-65-63-61-59-57-55-53-51-49-47-45-43-41-35-33-31-29-27-25-23-21-19-17-15-13-11-9-7-2/h18,20,24,26,73,77H,6-17,19,21-23,25,27-72H2,1-5H3/b20-18-,26-24-. The summed E-state index contributed by atoms with van der Waals surface area (Å²) in [6.07, 6.45) is 82.9. The Hall–Kier alpha value is -2.23. The SMILES string of the molecule is CCCCCCC/C=C\C/C=C\CCCCCCCCCCCCCCCCCCCCCCCC(=O)OC(COC(=O)CCCCCCCCCCCCCCCCCCCCCCCCCCCCCC)COC(OCC[N+](C)(C)C)C(=O)[O-]. The highest BCUT2D eigenvalue weighted by Gasteiger charge is 2.22. The van der Waals surface area contributed by atoms with Crippen molar-refractivity contribution in [2.24, 2.45) is 0 Å². The summed E-state index contributed by atoms with van der Waals surface area (Å²) in [5.41, 5.74) is 0. The molecule has 0 N–H and O–H groups in total. The number of aliphatic carboxylic acids is 1. The van der Waals surface area contributed by atoms with Gasteiger partial charge < -0.3 is 33.3 Å². The van der Waals surface area contributed by atoms with E-state index in [0.717, 1.165) is 44.9 Å².